The number of aromatic amines is 1. The van der Waals surface area contributed by atoms with Crippen molar-refractivity contribution in [1.82, 2.24) is 9.88 Å². The highest BCUT2D eigenvalue weighted by molar-refractivity contribution is 5.94. The van der Waals surface area contributed by atoms with Crippen LogP contribution in [0.2, 0.25) is 0 Å². The van der Waals surface area contributed by atoms with Gasteiger partial charge in [0.15, 0.2) is 0 Å². The maximum absolute atomic E-state index is 12.7. The number of nitrogens with zero attached hydrogens (tertiary/aromatic N) is 1. The van der Waals surface area contributed by atoms with Crippen LogP contribution in [0.4, 0.5) is 5.69 Å². The van der Waals surface area contributed by atoms with Crippen molar-refractivity contribution in [1.29, 1.82) is 0 Å². The van der Waals surface area contributed by atoms with Gasteiger partial charge in [-0.25, -0.2) is 0 Å². The Bertz CT molecular complexity index is 922. The molecule has 0 aliphatic carbocycles. The summed E-state index contributed by atoms with van der Waals surface area (Å²) in [6.45, 7) is 5.60. The summed E-state index contributed by atoms with van der Waals surface area (Å²) >= 11 is 0. The van der Waals surface area contributed by atoms with E-state index in [2.05, 4.69) is 16.9 Å². The molecule has 1 unspecified atom stereocenters. The van der Waals surface area contributed by atoms with E-state index in [1.54, 1.807) is 11.0 Å². The lowest BCUT2D eigenvalue weighted by molar-refractivity contribution is 0.0633. The maximum atomic E-state index is 12.7. The summed E-state index contributed by atoms with van der Waals surface area (Å²) in [6, 6.07) is 8.66. The van der Waals surface area contributed by atoms with Gasteiger partial charge in [-0.1, -0.05) is 12.6 Å². The van der Waals surface area contributed by atoms with E-state index in [9.17, 15) is 9.59 Å². The Balaban J connectivity index is 1.67. The van der Waals surface area contributed by atoms with Gasteiger partial charge in [0, 0.05) is 55.3 Å². The molecule has 2 heterocycles. The monoisotopic (exact) mass is 382 g/mol. The van der Waals surface area contributed by atoms with Crippen molar-refractivity contribution in [2.24, 2.45) is 11.7 Å². The van der Waals surface area contributed by atoms with E-state index < -0.39 is 0 Å². The number of hydrogen-bond acceptors (Lipinski definition) is 5. The summed E-state index contributed by atoms with van der Waals surface area (Å²) in [5.41, 5.74) is 8.14. The molecule has 0 radical (unpaired) electrons. The summed E-state index contributed by atoms with van der Waals surface area (Å²) < 4.78 is 6.06. The molecule has 0 spiro atoms. The van der Waals surface area contributed by atoms with Gasteiger partial charge in [-0.3, -0.25) is 9.59 Å². The molecule has 0 bridgehead atoms. The van der Waals surface area contributed by atoms with Gasteiger partial charge in [-0.2, -0.15) is 0 Å². The van der Waals surface area contributed by atoms with E-state index in [4.69, 9.17) is 10.5 Å². The molecule has 7 nitrogen and oxygen atoms in total. The highest BCUT2D eigenvalue weighted by Crippen LogP contribution is 2.31. The molecule has 28 heavy (non-hydrogen) atoms. The normalized spacial score (nSPS) is 16.5. The molecular formula is C21H26N4O3. The Morgan fingerprint density at radius 3 is 2.96 bits per heavy atom. The van der Waals surface area contributed by atoms with Crippen LogP contribution in [-0.4, -0.2) is 42.5 Å². The number of H-pyrrole nitrogens is 1. The average Bonchev–Trinajstić information content (AvgIpc) is 2.71. The molecule has 1 aromatic heterocycles. The number of nitrogens with two attached hydrogens (primary N) is 1. The van der Waals surface area contributed by atoms with Crippen LogP contribution in [0.1, 0.15) is 28.8 Å². The average molecular weight is 382 g/mol. The van der Waals surface area contributed by atoms with Crippen LogP contribution in [0.5, 0.6) is 5.75 Å². The van der Waals surface area contributed by atoms with Gasteiger partial charge < -0.3 is 25.7 Å². The lowest BCUT2D eigenvalue weighted by Gasteiger charge is -2.33. The van der Waals surface area contributed by atoms with E-state index in [-0.39, 0.29) is 17.4 Å². The molecular weight excluding hydrogens is 356 g/mol. The van der Waals surface area contributed by atoms with E-state index in [1.165, 1.54) is 12.3 Å². The SMILES string of the molecule is C=C(N)c1c(NC)cccc1OCC1CCCN(C(=O)c2cc[nH]c(=O)c2)C1. The molecule has 1 saturated heterocycles. The molecule has 1 amide bonds. The minimum Gasteiger partial charge on any atom is -0.492 e. The zero-order valence-electron chi connectivity index (χ0n) is 16.0. The minimum absolute atomic E-state index is 0.121. The fraction of sp³-hybridized carbons (Fsp3) is 0.333. The molecule has 7 heteroatoms. The number of benzene rings is 1. The van der Waals surface area contributed by atoms with Gasteiger partial charge in [0.1, 0.15) is 5.75 Å². The van der Waals surface area contributed by atoms with Crippen molar-refractivity contribution in [2.45, 2.75) is 12.8 Å². The number of ether oxygens (including phenoxy) is 1. The van der Waals surface area contributed by atoms with Crippen molar-refractivity contribution >= 4 is 17.3 Å². The number of rotatable bonds is 6. The van der Waals surface area contributed by atoms with Crippen molar-refractivity contribution in [3.8, 4) is 5.75 Å². The fourth-order valence-electron chi connectivity index (χ4n) is 3.54. The van der Waals surface area contributed by atoms with Crippen LogP contribution in [0.15, 0.2) is 47.9 Å². The highest BCUT2D eigenvalue weighted by atomic mass is 16.5. The first-order valence-electron chi connectivity index (χ1n) is 9.36. The summed E-state index contributed by atoms with van der Waals surface area (Å²) in [6.07, 6.45) is 3.37. The number of hydrogen-bond donors (Lipinski definition) is 3. The van der Waals surface area contributed by atoms with Crippen LogP contribution < -0.4 is 21.3 Å². The third kappa shape index (κ3) is 4.36. The molecule has 148 valence electrons. The van der Waals surface area contributed by atoms with Crippen LogP contribution in [0, 0.1) is 5.92 Å². The second-order valence-electron chi connectivity index (χ2n) is 6.97. The van der Waals surface area contributed by atoms with E-state index in [0.717, 1.165) is 24.1 Å². The van der Waals surface area contributed by atoms with Crippen molar-refractivity contribution < 1.29 is 9.53 Å². The summed E-state index contributed by atoms with van der Waals surface area (Å²) in [7, 11) is 1.82. The number of carbonyl (C=O) groups is 1. The number of likely N-dealkylation sites (tertiary alicyclic amines) is 1. The summed E-state index contributed by atoms with van der Waals surface area (Å²) in [5.74, 6) is 0.762. The Labute approximate surface area is 164 Å². The first kappa shape index (κ1) is 19.5. The quantitative estimate of drug-likeness (QED) is 0.712. The van der Waals surface area contributed by atoms with Crippen LogP contribution in [0.25, 0.3) is 5.70 Å². The highest BCUT2D eigenvalue weighted by Gasteiger charge is 2.25. The number of piperidine rings is 1. The van der Waals surface area contributed by atoms with Crippen LogP contribution in [0.3, 0.4) is 0 Å². The van der Waals surface area contributed by atoms with Gasteiger partial charge in [-0.15, -0.1) is 0 Å². The molecule has 1 aliphatic rings. The topological polar surface area (TPSA) is 100 Å². The van der Waals surface area contributed by atoms with Gasteiger partial charge in [0.05, 0.1) is 12.2 Å². The molecule has 2 aromatic rings. The van der Waals surface area contributed by atoms with Crippen molar-refractivity contribution in [3.63, 3.8) is 0 Å². The fourth-order valence-corrected chi connectivity index (χ4v) is 3.54. The third-order valence-corrected chi connectivity index (χ3v) is 4.92. The second-order valence-corrected chi connectivity index (χ2v) is 6.97. The van der Waals surface area contributed by atoms with E-state index in [0.29, 0.717) is 36.7 Å². The smallest absolute Gasteiger partial charge is 0.254 e. The molecule has 1 fully saturated rings. The van der Waals surface area contributed by atoms with E-state index in [1.807, 2.05) is 25.2 Å². The Kier molecular flexibility index (Phi) is 6.03. The number of amides is 1. The Morgan fingerprint density at radius 1 is 1.43 bits per heavy atom. The first-order valence-corrected chi connectivity index (χ1v) is 9.36. The van der Waals surface area contributed by atoms with Crippen LogP contribution in [-0.2, 0) is 0 Å². The zero-order valence-corrected chi connectivity index (χ0v) is 16.0. The predicted molar refractivity (Wildman–Crippen MR) is 110 cm³/mol. The maximum Gasteiger partial charge on any atom is 0.254 e. The standard InChI is InChI=1S/C21H26N4O3/c1-14(22)20-17(23-2)6-3-7-18(20)28-13-15-5-4-10-25(12-15)21(27)16-8-9-24-19(26)11-16/h3,6-9,11,15,23H,1,4-5,10,12-13,22H2,2H3,(H,24,26). The molecule has 3 rings (SSSR count). The molecule has 1 atom stereocenters. The third-order valence-electron chi connectivity index (χ3n) is 4.92. The van der Waals surface area contributed by atoms with Gasteiger partial charge in [-0.05, 0) is 31.0 Å². The molecule has 0 saturated carbocycles. The number of anilines is 1. The van der Waals surface area contributed by atoms with Gasteiger partial charge in [0.2, 0.25) is 5.56 Å². The molecule has 1 aliphatic heterocycles. The van der Waals surface area contributed by atoms with Crippen molar-refractivity contribution in [3.05, 3.63) is 64.6 Å². The van der Waals surface area contributed by atoms with Crippen molar-refractivity contribution in [2.75, 3.05) is 32.1 Å². The minimum atomic E-state index is -0.276. The van der Waals surface area contributed by atoms with Gasteiger partial charge in [0.25, 0.3) is 5.91 Å². The Morgan fingerprint density at radius 2 is 2.25 bits per heavy atom. The largest absolute Gasteiger partial charge is 0.492 e. The van der Waals surface area contributed by atoms with Gasteiger partial charge >= 0.3 is 0 Å². The second kappa shape index (κ2) is 8.65. The lowest BCUT2D eigenvalue weighted by atomic mass is 9.98. The van der Waals surface area contributed by atoms with E-state index >= 15 is 0 Å². The number of carbonyl (C=O) groups excluding carboxylic acids is 1. The lowest BCUT2D eigenvalue weighted by Crippen LogP contribution is -2.41. The zero-order chi connectivity index (χ0) is 20.1. The number of aromatic nitrogens is 1. The van der Waals surface area contributed by atoms with Crippen LogP contribution >= 0.6 is 0 Å². The first-order chi connectivity index (χ1) is 13.5. The number of nitrogens with one attached hydrogen (secondary N) is 2. The molecule has 1 aromatic carbocycles. The summed E-state index contributed by atoms with van der Waals surface area (Å²) in [4.78, 5) is 28.5. The number of pyridine rings is 1. The molecule has 4 N–H and O–H groups in total. The predicted octanol–water partition coefficient (Wildman–Crippen LogP) is 2.28. The summed E-state index contributed by atoms with van der Waals surface area (Å²) in [5, 5.41) is 3.10. The Hall–Kier alpha value is -3.22.